The van der Waals surface area contributed by atoms with E-state index in [1.807, 2.05) is 91.0 Å². The number of hydrogen-bond acceptors (Lipinski definition) is 34. The minimum absolute atomic E-state index is 0.258. The van der Waals surface area contributed by atoms with E-state index in [0.29, 0.717) is 186 Å². The van der Waals surface area contributed by atoms with Gasteiger partial charge in [0.1, 0.15) is 99.6 Å². The van der Waals surface area contributed by atoms with Crippen LogP contribution in [0.5, 0.6) is 0 Å². The third kappa shape index (κ3) is 20.7. The molecule has 0 fully saturated rings. The van der Waals surface area contributed by atoms with Crippen LogP contribution in [-0.4, -0.2) is 135 Å². The predicted octanol–water partition coefficient (Wildman–Crippen LogP) is 18.9. The topological polar surface area (TPSA) is 523 Å². The summed E-state index contributed by atoms with van der Waals surface area (Å²) in [4.78, 5) is 130. The van der Waals surface area contributed by atoms with Crippen LogP contribution in [0.15, 0.2) is 330 Å². The van der Waals surface area contributed by atoms with Crippen molar-refractivity contribution >= 4 is 11.5 Å². The van der Waals surface area contributed by atoms with E-state index in [9.17, 15) is 36.8 Å². The van der Waals surface area contributed by atoms with Gasteiger partial charge in [-0.3, -0.25) is 34.9 Å². The van der Waals surface area contributed by atoms with E-state index in [0.717, 1.165) is 5.56 Å². The smallest absolute Gasteiger partial charge is 0.270 e. The first-order valence-electron chi connectivity index (χ1n) is 43.0. The molecule has 0 aliphatic carbocycles. The van der Waals surface area contributed by atoms with Gasteiger partial charge in [0, 0.05) is 154 Å². The largest absolute Gasteiger partial charge is 0.361 e. The third-order valence-electron chi connectivity index (χ3n) is 21.2. The molecule has 0 saturated heterocycles. The summed E-state index contributed by atoms with van der Waals surface area (Å²) in [5.74, 6) is 2.88. The van der Waals surface area contributed by atoms with Crippen LogP contribution in [0, 0.1) is 92.5 Å². The molecule has 36 nitrogen and oxygen atoms in total. The lowest BCUT2D eigenvalue weighted by Gasteiger charge is -2.10. The number of pyridine rings is 18. The van der Waals surface area contributed by atoms with Gasteiger partial charge in [0.25, 0.3) is 5.82 Å². The second-order valence-corrected chi connectivity index (χ2v) is 30.6. The summed E-state index contributed by atoms with van der Waals surface area (Å²) in [7, 11) is 0. The van der Waals surface area contributed by atoms with Gasteiger partial charge >= 0.3 is 0 Å². The molecule has 0 saturated carbocycles. The van der Waals surface area contributed by atoms with Crippen molar-refractivity contribution in [2.75, 3.05) is 0 Å². The number of hydrogen-bond donors (Lipinski definition) is 0. The fourth-order valence-electron chi connectivity index (χ4n) is 14.5. The fraction of sp³-hybridized carbons (Fsp3) is 0. The maximum Gasteiger partial charge on any atom is 0.270 e. The van der Waals surface area contributed by atoms with Gasteiger partial charge in [-0.25, -0.2) is 99.5 Å². The normalized spacial score (nSPS) is 10.4. The van der Waals surface area contributed by atoms with Gasteiger partial charge in [-0.1, -0.05) is 55.1 Å². The number of aromatic nitrogens is 27. The summed E-state index contributed by atoms with van der Waals surface area (Å²) in [5, 5.41) is 65.5. The van der Waals surface area contributed by atoms with E-state index in [2.05, 4.69) is 112 Å². The molecule has 0 spiro atoms. The van der Waals surface area contributed by atoms with Crippen molar-refractivity contribution in [3.05, 3.63) is 392 Å². The van der Waals surface area contributed by atoms with E-state index < -0.39 is 0 Å². The van der Waals surface area contributed by atoms with E-state index in [4.69, 9.17) is 87.9 Å². The standard InChI is InChI=1S/3C36H18N12/c1-39-27-13-26(20-42-21-27)30-7-4-10-33(45-30)36-47-34(31-8-2-5-28(43-31)24-11-22(14-37)16-40-18-24)46-35(48-36)32-9-3-6-29(44-32)25-12-23(15-38)17-41-19-25;1-39-33-19-24(13-16-42-33)29-7-4-10-32(45-29)36-47-34(30-8-2-5-27(43-30)22-11-14-40-25(17-22)20-37)46-35(48-36)31-9-3-6-28(44-31)23-12-15-41-26(18-23)21-38;37-13-22-7-8-43-33(9-22)25-12-28(21-42-18-25)36-47-34(26-10-23(16-40-19-26)31-5-1-3-29(14-38)44-31)46-35(48-36)27-11-24(17-41-20-27)32-6-2-4-30(15-39)45-32/h2-13,16-21H;2-19H;1-12,16-21H. The van der Waals surface area contributed by atoms with Gasteiger partial charge < -0.3 is 4.85 Å². The molecule has 0 aliphatic rings. The quantitative estimate of drug-likeness (QED) is 0.0720. The molecule has 666 valence electrons. The van der Waals surface area contributed by atoms with Crippen LogP contribution < -0.4 is 0 Å². The summed E-state index contributed by atoms with van der Waals surface area (Å²) in [6.45, 7) is 14.7. The maximum atomic E-state index is 9.39. The average molecular weight is 1860 g/mol. The molecule has 0 amide bonds. The van der Waals surface area contributed by atoms with Crippen molar-refractivity contribution in [2.24, 2.45) is 0 Å². The lowest BCUT2D eigenvalue weighted by atomic mass is 10.1. The van der Waals surface area contributed by atoms with Gasteiger partial charge in [-0.15, -0.1) is 4.98 Å². The van der Waals surface area contributed by atoms with Gasteiger partial charge in [0.2, 0.25) is 5.69 Å². The van der Waals surface area contributed by atoms with Crippen molar-refractivity contribution in [3.63, 3.8) is 0 Å². The van der Waals surface area contributed by atoms with Crippen molar-refractivity contribution < 1.29 is 0 Å². The first-order chi connectivity index (χ1) is 70.8. The number of nitriles is 7. The van der Waals surface area contributed by atoms with Crippen LogP contribution in [0.3, 0.4) is 0 Å². The van der Waals surface area contributed by atoms with Crippen LogP contribution in [0.4, 0.5) is 11.5 Å². The molecule has 21 heterocycles. The van der Waals surface area contributed by atoms with Crippen LogP contribution in [0.1, 0.15) is 39.5 Å². The zero-order chi connectivity index (χ0) is 98.6. The van der Waals surface area contributed by atoms with Crippen molar-refractivity contribution in [3.8, 4) is 247 Å². The minimum Gasteiger partial charge on any atom is -0.361 e. The molecule has 21 aromatic heterocycles. The second-order valence-electron chi connectivity index (χ2n) is 30.6. The van der Waals surface area contributed by atoms with E-state index in [-0.39, 0.29) is 63.5 Å². The summed E-state index contributed by atoms with van der Waals surface area (Å²) in [5.41, 5.74) is 18.8. The molecular formula is C108H54N36. The molecule has 0 aliphatic heterocycles. The predicted molar refractivity (Wildman–Crippen MR) is 523 cm³/mol. The lowest BCUT2D eigenvalue weighted by molar-refractivity contribution is 1.04. The van der Waals surface area contributed by atoms with Gasteiger partial charge in [0.15, 0.2) is 52.4 Å². The molecule has 36 heteroatoms. The Morgan fingerprint density at radius 1 is 0.181 bits per heavy atom. The highest BCUT2D eigenvalue weighted by Crippen LogP contribution is 2.36. The zero-order valence-electron chi connectivity index (χ0n) is 74.3. The molecule has 0 unspecified atom stereocenters. The summed E-state index contributed by atoms with van der Waals surface area (Å²) in [6, 6.07) is 81.9. The third-order valence-corrected chi connectivity index (χ3v) is 21.2. The molecule has 0 atom stereocenters. The second kappa shape index (κ2) is 41.7. The van der Waals surface area contributed by atoms with E-state index in [1.165, 1.54) is 18.6 Å². The first-order valence-corrected chi connectivity index (χ1v) is 43.0. The molecule has 0 aromatic carbocycles. The number of rotatable bonds is 18. The molecule has 144 heavy (non-hydrogen) atoms. The van der Waals surface area contributed by atoms with Crippen molar-refractivity contribution in [1.82, 2.24) is 135 Å². The molecular weight excluding hydrogens is 1800 g/mol. The van der Waals surface area contributed by atoms with E-state index in [1.54, 1.807) is 220 Å². The fourth-order valence-corrected chi connectivity index (χ4v) is 14.5. The Kier molecular flexibility index (Phi) is 26.2. The van der Waals surface area contributed by atoms with E-state index >= 15 is 0 Å². The number of nitrogens with zero attached hydrogens (tertiary/aromatic N) is 36. The van der Waals surface area contributed by atoms with Crippen LogP contribution in [-0.2, 0) is 0 Å². The Bertz CT molecular complexity index is 7380. The Balaban J connectivity index is 0.000000137. The van der Waals surface area contributed by atoms with Gasteiger partial charge in [0.05, 0.1) is 80.6 Å². The highest BCUT2D eigenvalue weighted by atomic mass is 15.1. The molecule has 21 rings (SSSR count). The summed E-state index contributed by atoms with van der Waals surface area (Å²) >= 11 is 0. The highest BCUT2D eigenvalue weighted by molar-refractivity contribution is 5.78. The monoisotopic (exact) mass is 1850 g/mol. The SMILES string of the molecule is N#Cc1ccnc(-c2cncc(-c3nc(-c4cncc(-c5cccc(C#N)n5)c4)nc(-c4cncc(-c5cccc(C#N)n5)c4)n3)c2)c1.[C-]#[N+]c1cc(-c2cccc(-c3nc(-c4cccc(-c5ccnc(C#N)c5)n4)nc(-c4cccc(-c5ccnc(C#N)c5)n4)n3)n2)ccn1.[C-]#[N+]c1cncc(-c2cccc(-c3nc(-c4cccc(-c5cncc(C#N)c5)n4)nc(-c4cccc(-c5cncc(C#N)c5)n4)n3)n2)c1. The Morgan fingerprint density at radius 2 is 0.458 bits per heavy atom. The van der Waals surface area contributed by atoms with Crippen LogP contribution in [0.2, 0.25) is 0 Å². The Morgan fingerprint density at radius 3 is 0.806 bits per heavy atom. The van der Waals surface area contributed by atoms with Gasteiger partial charge in [-0.05, 0) is 188 Å². The Labute approximate surface area is 817 Å². The first kappa shape index (κ1) is 90.3. The summed E-state index contributed by atoms with van der Waals surface area (Å²) < 4.78 is 0. The van der Waals surface area contributed by atoms with Crippen molar-refractivity contribution in [2.45, 2.75) is 0 Å². The Hall–Kier alpha value is -22.9. The lowest BCUT2D eigenvalue weighted by Crippen LogP contribution is -2.04. The average Bonchev–Trinajstić information content (AvgIpc) is 0.789. The van der Waals surface area contributed by atoms with Crippen LogP contribution >= 0.6 is 0 Å². The minimum atomic E-state index is 0.258. The molecule has 0 radical (unpaired) electrons. The molecule has 0 N–H and O–H groups in total. The van der Waals surface area contributed by atoms with Gasteiger partial charge in [-0.2, -0.15) is 36.8 Å². The molecule has 21 aromatic rings. The maximum absolute atomic E-state index is 9.39. The molecule has 0 bridgehead atoms. The van der Waals surface area contributed by atoms with Crippen LogP contribution in [0.25, 0.3) is 214 Å². The highest BCUT2D eigenvalue weighted by Gasteiger charge is 2.24. The zero-order valence-corrected chi connectivity index (χ0v) is 74.3. The van der Waals surface area contributed by atoms with Crippen molar-refractivity contribution in [1.29, 1.82) is 36.8 Å². The summed E-state index contributed by atoms with van der Waals surface area (Å²) in [6.07, 6.45) is 25.5.